The van der Waals surface area contributed by atoms with Crippen LogP contribution in [-0.2, 0) is 17.8 Å². The van der Waals surface area contributed by atoms with E-state index in [9.17, 15) is 9.90 Å². The van der Waals surface area contributed by atoms with Gasteiger partial charge in [0.25, 0.3) is 0 Å². The van der Waals surface area contributed by atoms with E-state index in [4.69, 9.17) is 4.74 Å². The van der Waals surface area contributed by atoms with E-state index in [1.54, 1.807) is 0 Å². The summed E-state index contributed by atoms with van der Waals surface area (Å²) in [5.41, 5.74) is 7.10. The molecule has 0 aromatic heterocycles. The van der Waals surface area contributed by atoms with E-state index in [1.807, 2.05) is 42.5 Å². The van der Waals surface area contributed by atoms with E-state index >= 15 is 0 Å². The molecule has 2 aliphatic rings. The van der Waals surface area contributed by atoms with Gasteiger partial charge in [-0.1, -0.05) is 72.8 Å². The highest BCUT2D eigenvalue weighted by Gasteiger charge is 2.29. The van der Waals surface area contributed by atoms with Crippen molar-refractivity contribution in [3.63, 3.8) is 0 Å². The van der Waals surface area contributed by atoms with Crippen LogP contribution in [0.4, 0.5) is 4.79 Å². The summed E-state index contributed by atoms with van der Waals surface area (Å²) in [5.74, 6) is 0.0574. The Kier molecular flexibility index (Phi) is 5.93. The highest BCUT2D eigenvalue weighted by molar-refractivity contribution is 5.79. The minimum atomic E-state index is -0.404. The number of carbonyl (C=O) groups excluding carboxylic acids is 1. The Morgan fingerprint density at radius 3 is 2.22 bits per heavy atom. The average Bonchev–Trinajstić information content (AvgIpc) is 3.37. The van der Waals surface area contributed by atoms with Gasteiger partial charge in [-0.25, -0.2) is 4.79 Å². The molecule has 1 heterocycles. The van der Waals surface area contributed by atoms with Crippen LogP contribution < -0.4 is 5.32 Å². The minimum Gasteiger partial charge on any atom is -0.449 e. The molecule has 0 spiro atoms. The molecule has 1 amide bonds. The van der Waals surface area contributed by atoms with Crippen LogP contribution in [-0.4, -0.2) is 41.9 Å². The second-order valence-corrected chi connectivity index (χ2v) is 8.63. The van der Waals surface area contributed by atoms with Gasteiger partial charge in [-0.15, -0.1) is 0 Å². The molecule has 1 saturated heterocycles. The molecule has 1 aliphatic carbocycles. The van der Waals surface area contributed by atoms with Crippen molar-refractivity contribution in [2.75, 3.05) is 19.7 Å². The Morgan fingerprint density at radius 2 is 1.56 bits per heavy atom. The Labute approximate surface area is 188 Å². The molecule has 1 atom stereocenters. The van der Waals surface area contributed by atoms with Crippen LogP contribution >= 0.6 is 0 Å². The maximum atomic E-state index is 12.5. The number of carbonyl (C=O) groups is 1. The summed E-state index contributed by atoms with van der Waals surface area (Å²) in [6.45, 7) is 3.11. The van der Waals surface area contributed by atoms with Gasteiger partial charge in [-0.3, -0.25) is 4.90 Å². The first kappa shape index (κ1) is 20.7. The molecule has 2 N–H and O–H groups in total. The van der Waals surface area contributed by atoms with Crippen molar-refractivity contribution in [1.82, 2.24) is 10.2 Å². The van der Waals surface area contributed by atoms with Gasteiger partial charge in [0.2, 0.25) is 0 Å². The molecule has 5 rings (SSSR count). The molecule has 1 aliphatic heterocycles. The molecular formula is C27H28N2O3. The Hall–Kier alpha value is -3.15. The van der Waals surface area contributed by atoms with Crippen molar-refractivity contribution in [3.05, 3.63) is 95.1 Å². The minimum absolute atomic E-state index is 0.0574. The zero-order chi connectivity index (χ0) is 21.9. The number of rotatable bonds is 6. The van der Waals surface area contributed by atoms with Crippen LogP contribution in [0.3, 0.4) is 0 Å². The summed E-state index contributed by atoms with van der Waals surface area (Å²) >= 11 is 0. The van der Waals surface area contributed by atoms with Crippen molar-refractivity contribution in [2.24, 2.45) is 0 Å². The zero-order valence-electron chi connectivity index (χ0n) is 18.0. The molecule has 5 nitrogen and oxygen atoms in total. The van der Waals surface area contributed by atoms with E-state index in [-0.39, 0.29) is 12.0 Å². The van der Waals surface area contributed by atoms with E-state index in [1.165, 1.54) is 27.8 Å². The van der Waals surface area contributed by atoms with Crippen molar-refractivity contribution in [3.8, 4) is 11.1 Å². The number of β-amino-alcohol motifs (C(OH)–C–C–N with tert-alkyl or cyclic N) is 1. The van der Waals surface area contributed by atoms with Gasteiger partial charge in [0.15, 0.2) is 0 Å². The Morgan fingerprint density at radius 1 is 0.938 bits per heavy atom. The molecule has 32 heavy (non-hydrogen) atoms. The lowest BCUT2D eigenvalue weighted by atomic mass is 9.98. The van der Waals surface area contributed by atoms with E-state index < -0.39 is 6.09 Å². The number of nitrogens with zero attached hydrogens (tertiary/aromatic N) is 1. The molecule has 5 heteroatoms. The summed E-state index contributed by atoms with van der Waals surface area (Å²) in [6.07, 6.45) is 0.180. The molecule has 164 valence electrons. The third-order valence-electron chi connectivity index (χ3n) is 6.53. The Bertz CT molecular complexity index is 1070. The van der Waals surface area contributed by atoms with E-state index in [0.717, 1.165) is 25.1 Å². The van der Waals surface area contributed by atoms with Gasteiger partial charge in [-0.2, -0.15) is 0 Å². The molecule has 0 saturated carbocycles. The third kappa shape index (κ3) is 4.27. The van der Waals surface area contributed by atoms with Gasteiger partial charge in [0.05, 0.1) is 6.10 Å². The normalized spacial score (nSPS) is 17.7. The van der Waals surface area contributed by atoms with Gasteiger partial charge < -0.3 is 15.2 Å². The molecule has 0 radical (unpaired) electrons. The first-order chi connectivity index (χ1) is 15.7. The number of ether oxygens (including phenoxy) is 1. The van der Waals surface area contributed by atoms with Crippen LogP contribution in [0.1, 0.15) is 34.6 Å². The van der Waals surface area contributed by atoms with Gasteiger partial charge >= 0.3 is 6.09 Å². The fourth-order valence-corrected chi connectivity index (χ4v) is 4.90. The standard InChI is InChI=1S/C27H28N2O3/c30-21-13-14-29(17-21)16-20-8-2-1-7-19(20)15-28-27(31)32-18-26-24-11-5-3-9-22(24)23-10-4-6-12-25(23)26/h1-12,21,26,30H,13-18H2,(H,28,31). The predicted octanol–water partition coefficient (Wildman–Crippen LogP) is 4.29. The fraction of sp³-hybridized carbons (Fsp3) is 0.296. The van der Waals surface area contributed by atoms with Gasteiger partial charge in [0, 0.05) is 32.1 Å². The second-order valence-electron chi connectivity index (χ2n) is 8.63. The fourth-order valence-electron chi connectivity index (χ4n) is 4.90. The molecule has 3 aromatic rings. The van der Waals surface area contributed by atoms with Crippen molar-refractivity contribution in [1.29, 1.82) is 0 Å². The number of hydrogen-bond acceptors (Lipinski definition) is 4. The lowest BCUT2D eigenvalue weighted by Crippen LogP contribution is -2.27. The maximum absolute atomic E-state index is 12.5. The van der Waals surface area contributed by atoms with Gasteiger partial charge in [0.1, 0.15) is 6.61 Å². The van der Waals surface area contributed by atoms with Crippen molar-refractivity contribution < 1.29 is 14.6 Å². The number of aliphatic hydroxyl groups is 1. The number of fused-ring (bicyclic) bond motifs is 3. The summed E-state index contributed by atoms with van der Waals surface area (Å²) in [4.78, 5) is 14.8. The second kappa shape index (κ2) is 9.15. The number of aliphatic hydroxyl groups excluding tert-OH is 1. The summed E-state index contributed by atoms with van der Waals surface area (Å²) in [7, 11) is 0. The number of hydrogen-bond donors (Lipinski definition) is 2. The first-order valence-corrected chi connectivity index (χ1v) is 11.2. The predicted molar refractivity (Wildman–Crippen MR) is 124 cm³/mol. The SMILES string of the molecule is O=C(NCc1ccccc1CN1CCC(O)C1)OCC1c2ccccc2-c2ccccc21. The monoisotopic (exact) mass is 428 g/mol. The molecule has 1 unspecified atom stereocenters. The van der Waals surface area contributed by atoms with Crippen LogP contribution in [0.5, 0.6) is 0 Å². The van der Waals surface area contributed by atoms with Crippen LogP contribution in [0.15, 0.2) is 72.8 Å². The number of nitrogens with one attached hydrogen (secondary N) is 1. The molecule has 1 fully saturated rings. The Balaban J connectivity index is 1.20. The smallest absolute Gasteiger partial charge is 0.407 e. The van der Waals surface area contributed by atoms with Crippen LogP contribution in [0, 0.1) is 0 Å². The highest BCUT2D eigenvalue weighted by atomic mass is 16.5. The molecule has 3 aromatic carbocycles. The largest absolute Gasteiger partial charge is 0.449 e. The number of likely N-dealkylation sites (tertiary alicyclic amines) is 1. The topological polar surface area (TPSA) is 61.8 Å². The van der Waals surface area contributed by atoms with Crippen LogP contribution in [0.2, 0.25) is 0 Å². The quantitative estimate of drug-likeness (QED) is 0.615. The zero-order valence-corrected chi connectivity index (χ0v) is 18.0. The first-order valence-electron chi connectivity index (χ1n) is 11.2. The average molecular weight is 429 g/mol. The summed E-state index contributed by atoms with van der Waals surface area (Å²) in [5, 5.41) is 12.7. The number of benzene rings is 3. The lowest BCUT2D eigenvalue weighted by molar-refractivity contribution is 0.142. The van der Waals surface area contributed by atoms with Crippen molar-refractivity contribution in [2.45, 2.75) is 31.5 Å². The molecular weight excluding hydrogens is 400 g/mol. The molecule has 0 bridgehead atoms. The van der Waals surface area contributed by atoms with Gasteiger partial charge in [-0.05, 0) is 39.8 Å². The van der Waals surface area contributed by atoms with Crippen LogP contribution in [0.25, 0.3) is 11.1 Å². The van der Waals surface area contributed by atoms with E-state index in [0.29, 0.717) is 19.7 Å². The summed E-state index contributed by atoms with van der Waals surface area (Å²) in [6, 6.07) is 24.8. The lowest BCUT2D eigenvalue weighted by Gasteiger charge is -2.18. The van der Waals surface area contributed by atoms with E-state index in [2.05, 4.69) is 40.5 Å². The third-order valence-corrected chi connectivity index (χ3v) is 6.53. The number of alkyl carbamates (subject to hydrolysis) is 1. The number of amides is 1. The summed E-state index contributed by atoms with van der Waals surface area (Å²) < 4.78 is 5.66. The highest BCUT2D eigenvalue weighted by Crippen LogP contribution is 2.44. The van der Waals surface area contributed by atoms with Crippen molar-refractivity contribution >= 4 is 6.09 Å². The maximum Gasteiger partial charge on any atom is 0.407 e.